The molecule has 2 aliphatic rings. The van der Waals surface area contributed by atoms with Crippen LogP contribution < -0.4 is 10.2 Å². The number of aromatic nitrogens is 1. The first-order chi connectivity index (χ1) is 18.6. The molecule has 0 spiro atoms. The maximum atomic E-state index is 15.4. The maximum absolute atomic E-state index is 15.4. The lowest BCUT2D eigenvalue weighted by Gasteiger charge is -2.43. The zero-order chi connectivity index (χ0) is 29.7. The van der Waals surface area contributed by atoms with Gasteiger partial charge in [-0.1, -0.05) is 11.6 Å². The van der Waals surface area contributed by atoms with Gasteiger partial charge >= 0.3 is 17.7 Å². The number of pyridine rings is 1. The highest BCUT2D eigenvalue weighted by molar-refractivity contribution is 9.10. The molecule has 1 aromatic carbocycles. The van der Waals surface area contributed by atoms with Crippen LogP contribution in [0.15, 0.2) is 10.5 Å². The Morgan fingerprint density at radius 3 is 2.50 bits per heavy atom. The van der Waals surface area contributed by atoms with Crippen LogP contribution in [-0.2, 0) is 14.3 Å². The van der Waals surface area contributed by atoms with E-state index in [0.29, 0.717) is 13.1 Å². The summed E-state index contributed by atoms with van der Waals surface area (Å²) in [7, 11) is 5.02. The lowest BCUT2D eigenvalue weighted by molar-refractivity contribution is -0.383. The van der Waals surface area contributed by atoms with Crippen LogP contribution in [0.3, 0.4) is 0 Å². The maximum Gasteiger partial charge on any atom is 0.411 e. The van der Waals surface area contributed by atoms with Gasteiger partial charge in [0.25, 0.3) is 0 Å². The summed E-state index contributed by atoms with van der Waals surface area (Å²) in [6, 6.07) is -0.0963. The van der Waals surface area contributed by atoms with Gasteiger partial charge in [0.05, 0.1) is 21.5 Å². The van der Waals surface area contributed by atoms with Crippen molar-refractivity contribution in [1.29, 1.82) is 0 Å². The number of hydrogen-bond donors (Lipinski definition) is 1. The number of amides is 1. The molecule has 2 aromatic rings. The molecule has 0 saturated carbocycles. The average Bonchev–Trinajstić information content (AvgIpc) is 3.24. The van der Waals surface area contributed by atoms with Gasteiger partial charge in [-0.25, -0.2) is 19.0 Å². The molecule has 15 heteroatoms. The number of likely N-dealkylation sites (tertiary alicyclic amines) is 1. The Labute approximate surface area is 244 Å². The van der Waals surface area contributed by atoms with Crippen molar-refractivity contribution in [3.05, 3.63) is 31.5 Å². The number of nitrogens with one attached hydrogen (secondary N) is 1. The Bertz CT molecular complexity index is 1370. The van der Waals surface area contributed by atoms with E-state index in [2.05, 4.69) is 26.2 Å². The van der Waals surface area contributed by atoms with Crippen LogP contribution in [0.2, 0.25) is 5.02 Å². The molecule has 2 aliphatic heterocycles. The minimum Gasteiger partial charge on any atom is -0.467 e. The van der Waals surface area contributed by atoms with E-state index < -0.39 is 40.5 Å². The van der Waals surface area contributed by atoms with E-state index in [-0.39, 0.29) is 56.6 Å². The number of carbonyl (C=O) groups excluding carboxylic acids is 2. The molecule has 3 heterocycles. The number of fused-ring (bicyclic) bond motifs is 1. The largest absolute Gasteiger partial charge is 0.467 e. The number of anilines is 2. The molecule has 2 saturated heterocycles. The van der Waals surface area contributed by atoms with Gasteiger partial charge in [0.15, 0.2) is 5.82 Å². The van der Waals surface area contributed by atoms with E-state index in [9.17, 15) is 19.7 Å². The van der Waals surface area contributed by atoms with E-state index in [1.54, 1.807) is 25.7 Å². The van der Waals surface area contributed by atoms with E-state index >= 15 is 4.39 Å². The third-order valence-corrected chi connectivity index (χ3v) is 8.20. The van der Waals surface area contributed by atoms with Gasteiger partial charge in [-0.3, -0.25) is 15.0 Å². The van der Waals surface area contributed by atoms with Crippen LogP contribution in [0.25, 0.3) is 10.9 Å². The van der Waals surface area contributed by atoms with Gasteiger partial charge in [-0.15, -0.1) is 0 Å². The van der Waals surface area contributed by atoms with E-state index in [1.807, 2.05) is 19.0 Å². The molecule has 0 aliphatic carbocycles. The Kier molecular flexibility index (Phi) is 8.35. The number of methoxy groups -OCH3 is 1. The predicted molar refractivity (Wildman–Crippen MR) is 152 cm³/mol. The smallest absolute Gasteiger partial charge is 0.411 e. The molecule has 2 fully saturated rings. The highest BCUT2D eigenvalue weighted by Crippen LogP contribution is 2.45. The molecule has 1 aromatic heterocycles. The molecule has 0 unspecified atom stereocenters. The summed E-state index contributed by atoms with van der Waals surface area (Å²) >= 11 is 9.39. The minimum absolute atomic E-state index is 0.00256. The van der Waals surface area contributed by atoms with Crippen LogP contribution in [-0.4, -0.2) is 96.3 Å². The number of esters is 1. The molecule has 0 radical (unpaired) electrons. The van der Waals surface area contributed by atoms with Crippen molar-refractivity contribution < 1.29 is 28.4 Å². The molecule has 1 amide bonds. The summed E-state index contributed by atoms with van der Waals surface area (Å²) < 4.78 is 25.8. The standard InChI is InChI=1S/C25H31BrClFN6O6/c1-25(2,3)40-24(36)33-9-12(7-16(33)23(35)39-6)29-20-14-8-15(27)17(26)18(28)19(14)30-22(21(20)34(37)38)32-10-13(11-32)31(4)5/h8,12-13,16H,7,9-11H2,1-6H3,(H,29,30)/t12-,16-/m1/s1. The normalized spacial score (nSPS) is 19.6. The van der Waals surface area contributed by atoms with Crippen LogP contribution in [0.5, 0.6) is 0 Å². The first-order valence-electron chi connectivity index (χ1n) is 12.5. The third-order valence-electron chi connectivity index (χ3n) is 6.90. The molecule has 4 rings (SSSR count). The molecular formula is C25H31BrClFN6O6. The fourth-order valence-electron chi connectivity index (χ4n) is 4.80. The Balaban J connectivity index is 1.81. The van der Waals surface area contributed by atoms with Crippen LogP contribution in [0, 0.1) is 15.9 Å². The Morgan fingerprint density at radius 2 is 1.95 bits per heavy atom. The van der Waals surface area contributed by atoms with Gasteiger partial charge < -0.3 is 24.6 Å². The first-order valence-corrected chi connectivity index (χ1v) is 13.7. The first kappa shape index (κ1) is 30.0. The van der Waals surface area contributed by atoms with Crippen molar-refractivity contribution in [3.63, 3.8) is 0 Å². The monoisotopic (exact) mass is 644 g/mol. The summed E-state index contributed by atoms with van der Waals surface area (Å²) in [5, 5.41) is 15.7. The number of benzene rings is 1. The predicted octanol–water partition coefficient (Wildman–Crippen LogP) is 4.41. The van der Waals surface area contributed by atoms with Gasteiger partial charge in [0.2, 0.25) is 5.82 Å². The lowest BCUT2D eigenvalue weighted by Crippen LogP contribution is -2.57. The summed E-state index contributed by atoms with van der Waals surface area (Å²) in [4.78, 5) is 46.8. The van der Waals surface area contributed by atoms with Crippen molar-refractivity contribution in [3.8, 4) is 0 Å². The summed E-state index contributed by atoms with van der Waals surface area (Å²) in [5.41, 5.74) is -1.29. The number of hydrogen-bond acceptors (Lipinski definition) is 10. The second-order valence-corrected chi connectivity index (χ2v) is 12.3. The summed E-state index contributed by atoms with van der Waals surface area (Å²) in [6.45, 7) is 6.00. The van der Waals surface area contributed by atoms with Gasteiger partial charge in [-0.2, -0.15) is 0 Å². The van der Waals surface area contributed by atoms with Crippen molar-refractivity contribution in [2.75, 3.05) is 51.1 Å². The Hall–Kier alpha value is -2.97. The van der Waals surface area contributed by atoms with Crippen LogP contribution >= 0.6 is 27.5 Å². The second kappa shape index (κ2) is 11.1. The number of halogens is 3. The lowest BCUT2D eigenvalue weighted by atomic mass is 10.1. The van der Waals surface area contributed by atoms with Crippen molar-refractivity contribution in [2.45, 2.75) is 50.9 Å². The van der Waals surface area contributed by atoms with Gasteiger partial charge in [0.1, 0.15) is 22.8 Å². The molecule has 0 bridgehead atoms. The molecule has 218 valence electrons. The quantitative estimate of drug-likeness (QED) is 0.209. The zero-order valence-corrected chi connectivity index (χ0v) is 25.3. The number of likely N-dealkylation sites (N-methyl/N-ethyl adjacent to an activating group) is 1. The number of nitrogens with zero attached hydrogens (tertiary/aromatic N) is 5. The average molecular weight is 646 g/mol. The number of nitro groups is 1. The fraction of sp³-hybridized carbons (Fsp3) is 0.560. The zero-order valence-electron chi connectivity index (χ0n) is 23.0. The van der Waals surface area contributed by atoms with Crippen molar-refractivity contribution >= 4 is 67.7 Å². The number of ether oxygens (including phenoxy) is 2. The SMILES string of the molecule is COC(=O)[C@H]1C[C@@H](Nc2c([N+](=O)[O-])c(N3CC(N(C)C)C3)nc3c(F)c(Br)c(Cl)cc23)CN1C(=O)OC(C)(C)C. The topological polar surface area (TPSA) is 130 Å². The minimum atomic E-state index is -0.991. The summed E-state index contributed by atoms with van der Waals surface area (Å²) in [5.74, 6) is -1.41. The summed E-state index contributed by atoms with van der Waals surface area (Å²) in [6.07, 6.45) is -0.656. The highest BCUT2D eigenvalue weighted by atomic mass is 79.9. The molecule has 40 heavy (non-hydrogen) atoms. The van der Waals surface area contributed by atoms with E-state index in [4.69, 9.17) is 21.1 Å². The van der Waals surface area contributed by atoms with E-state index in [1.165, 1.54) is 18.1 Å². The molecule has 12 nitrogen and oxygen atoms in total. The highest BCUT2D eigenvalue weighted by Gasteiger charge is 2.44. The Morgan fingerprint density at radius 1 is 1.30 bits per heavy atom. The molecule has 2 atom stereocenters. The van der Waals surface area contributed by atoms with Gasteiger partial charge in [0, 0.05) is 43.5 Å². The van der Waals surface area contributed by atoms with Crippen molar-refractivity contribution in [1.82, 2.24) is 14.8 Å². The second-order valence-electron chi connectivity index (χ2n) is 11.1. The fourth-order valence-corrected chi connectivity index (χ4v) is 5.30. The molecule has 1 N–H and O–H groups in total. The number of rotatable bonds is 6. The third kappa shape index (κ3) is 5.75. The number of carbonyl (C=O) groups is 2. The molecular weight excluding hydrogens is 615 g/mol. The van der Waals surface area contributed by atoms with Crippen LogP contribution in [0.1, 0.15) is 27.2 Å². The van der Waals surface area contributed by atoms with Crippen LogP contribution in [0.4, 0.5) is 26.4 Å². The van der Waals surface area contributed by atoms with Gasteiger partial charge in [-0.05, 0) is 56.9 Å². The van der Waals surface area contributed by atoms with E-state index in [0.717, 1.165) is 0 Å². The van der Waals surface area contributed by atoms with Crippen molar-refractivity contribution in [2.24, 2.45) is 0 Å².